The standard InChI is InChI=1S/C51H39N5/c52-50(37-20-8-3-9-21-37)54-51(53-34-35-16-4-1-5-17-35)39-23-15-25-41(31-39)56-47-29-13-11-27-43(47)45-32-44-42-26-10-12-28-46(42)55(48(44)33-49(45)56)40-24-14-22-38(30-40)36-18-6-2-7-19-36/h1-34,50-51,54H,52H2/b53-34+. The molecule has 56 heavy (non-hydrogen) atoms. The summed E-state index contributed by atoms with van der Waals surface area (Å²) in [5.41, 5.74) is 19.0. The topological polar surface area (TPSA) is 60.3 Å². The van der Waals surface area contributed by atoms with E-state index in [2.05, 4.69) is 166 Å². The van der Waals surface area contributed by atoms with Crippen LogP contribution in [0.15, 0.2) is 205 Å². The third-order valence-corrected chi connectivity index (χ3v) is 10.8. The highest BCUT2D eigenvalue weighted by molar-refractivity contribution is 6.19. The zero-order chi connectivity index (χ0) is 37.4. The molecule has 2 atom stereocenters. The Labute approximate surface area is 325 Å². The molecule has 0 spiro atoms. The summed E-state index contributed by atoms with van der Waals surface area (Å²) >= 11 is 0. The summed E-state index contributed by atoms with van der Waals surface area (Å²) in [6.45, 7) is 0. The number of nitrogens with two attached hydrogens (primary N) is 1. The molecule has 0 saturated heterocycles. The van der Waals surface area contributed by atoms with Gasteiger partial charge in [-0.1, -0.05) is 152 Å². The molecule has 0 fully saturated rings. The fourth-order valence-corrected chi connectivity index (χ4v) is 8.13. The molecule has 0 saturated carbocycles. The average molecular weight is 722 g/mol. The maximum atomic E-state index is 6.78. The van der Waals surface area contributed by atoms with Crippen LogP contribution in [-0.2, 0) is 0 Å². The van der Waals surface area contributed by atoms with Crippen LogP contribution in [0.3, 0.4) is 0 Å². The Hall–Kier alpha value is -7.05. The summed E-state index contributed by atoms with van der Waals surface area (Å²) in [6.07, 6.45) is 1.11. The number of nitrogens with one attached hydrogen (secondary N) is 1. The van der Waals surface area contributed by atoms with Gasteiger partial charge in [0.1, 0.15) is 6.17 Å². The second-order valence-electron chi connectivity index (χ2n) is 14.2. The molecule has 268 valence electrons. The summed E-state index contributed by atoms with van der Waals surface area (Å²) in [7, 11) is 0. The summed E-state index contributed by atoms with van der Waals surface area (Å²) in [4.78, 5) is 5.09. The smallest absolute Gasteiger partial charge is 0.127 e. The molecule has 2 aromatic heterocycles. The number of nitrogens with zero attached hydrogens (tertiary/aromatic N) is 3. The third kappa shape index (κ3) is 6.06. The predicted octanol–water partition coefficient (Wildman–Crippen LogP) is 11.9. The molecule has 3 N–H and O–H groups in total. The van der Waals surface area contributed by atoms with Crippen molar-refractivity contribution in [2.75, 3.05) is 0 Å². The van der Waals surface area contributed by atoms with Gasteiger partial charge in [0.15, 0.2) is 0 Å². The Balaban J connectivity index is 1.16. The SMILES string of the molecule is NC(NC(/N=C/c1ccccc1)c1cccc(-n2c3ccccc3c3cc4c5ccccc5n(-c5cccc(-c6ccccc6)c5)c4cc32)c1)c1ccccc1. The van der Waals surface area contributed by atoms with E-state index in [1.165, 1.54) is 38.2 Å². The maximum absolute atomic E-state index is 6.78. The van der Waals surface area contributed by atoms with Crippen LogP contribution < -0.4 is 11.1 Å². The van der Waals surface area contributed by atoms with Crippen LogP contribution in [0, 0.1) is 0 Å². The Kier molecular flexibility index (Phi) is 8.56. The van der Waals surface area contributed by atoms with E-state index in [1.807, 2.05) is 54.7 Å². The highest BCUT2D eigenvalue weighted by Gasteiger charge is 2.20. The van der Waals surface area contributed by atoms with Gasteiger partial charge in [-0.3, -0.25) is 10.3 Å². The highest BCUT2D eigenvalue weighted by atomic mass is 15.1. The van der Waals surface area contributed by atoms with Crippen LogP contribution >= 0.6 is 0 Å². The van der Waals surface area contributed by atoms with Gasteiger partial charge in [-0.15, -0.1) is 0 Å². The summed E-state index contributed by atoms with van der Waals surface area (Å²) in [5, 5.41) is 8.49. The largest absolute Gasteiger partial charge is 0.312 e. The van der Waals surface area contributed by atoms with Crippen LogP contribution in [0.25, 0.3) is 66.1 Å². The lowest BCUT2D eigenvalue weighted by Gasteiger charge is -2.22. The summed E-state index contributed by atoms with van der Waals surface area (Å²) in [5.74, 6) is 0. The first-order valence-corrected chi connectivity index (χ1v) is 19.1. The Bertz CT molecular complexity index is 3020. The van der Waals surface area contributed by atoms with Crippen molar-refractivity contribution in [3.05, 3.63) is 217 Å². The van der Waals surface area contributed by atoms with Gasteiger partial charge in [0.25, 0.3) is 0 Å². The van der Waals surface area contributed by atoms with E-state index in [-0.39, 0.29) is 0 Å². The first-order valence-electron chi connectivity index (χ1n) is 19.1. The van der Waals surface area contributed by atoms with Crippen LogP contribution in [0.4, 0.5) is 0 Å². The number of para-hydroxylation sites is 2. The minimum absolute atomic E-state index is 0.399. The van der Waals surface area contributed by atoms with Gasteiger partial charge in [-0.25, -0.2) is 0 Å². The number of rotatable bonds is 9. The second kappa shape index (κ2) is 14.3. The van der Waals surface area contributed by atoms with Crippen molar-refractivity contribution in [3.63, 3.8) is 0 Å². The Morgan fingerprint density at radius 2 is 0.946 bits per heavy atom. The average Bonchev–Trinajstić information content (AvgIpc) is 3.77. The normalized spacial score (nSPS) is 12.9. The van der Waals surface area contributed by atoms with Crippen molar-refractivity contribution in [1.29, 1.82) is 0 Å². The van der Waals surface area contributed by atoms with E-state index in [1.54, 1.807) is 0 Å². The summed E-state index contributed by atoms with van der Waals surface area (Å²) in [6, 6.07) is 70.7. The monoisotopic (exact) mass is 721 g/mol. The van der Waals surface area contributed by atoms with Crippen LogP contribution in [0.1, 0.15) is 29.0 Å². The molecule has 0 aliphatic carbocycles. The number of aromatic nitrogens is 2. The quantitative estimate of drug-likeness (QED) is 0.115. The van der Waals surface area contributed by atoms with Crippen molar-refractivity contribution < 1.29 is 0 Å². The molecule has 8 aromatic carbocycles. The number of hydrogen-bond acceptors (Lipinski definition) is 3. The maximum Gasteiger partial charge on any atom is 0.127 e. The lowest BCUT2D eigenvalue weighted by molar-refractivity contribution is 0.467. The highest BCUT2D eigenvalue weighted by Crippen LogP contribution is 2.40. The van der Waals surface area contributed by atoms with Crippen LogP contribution in [0.2, 0.25) is 0 Å². The van der Waals surface area contributed by atoms with Gasteiger partial charge in [-0.05, 0) is 76.3 Å². The number of hydrogen-bond donors (Lipinski definition) is 2. The van der Waals surface area contributed by atoms with E-state index in [0.717, 1.165) is 44.6 Å². The Morgan fingerprint density at radius 1 is 0.429 bits per heavy atom. The van der Waals surface area contributed by atoms with E-state index in [4.69, 9.17) is 10.7 Å². The fourth-order valence-electron chi connectivity index (χ4n) is 8.13. The van der Waals surface area contributed by atoms with Gasteiger partial charge < -0.3 is 14.9 Å². The van der Waals surface area contributed by atoms with Crippen molar-refractivity contribution >= 4 is 49.8 Å². The lowest BCUT2D eigenvalue weighted by atomic mass is 10.1. The summed E-state index contributed by atoms with van der Waals surface area (Å²) < 4.78 is 4.81. The number of aliphatic imine (C=N–C) groups is 1. The molecule has 0 amide bonds. The number of benzene rings is 8. The van der Waals surface area contributed by atoms with Crippen LogP contribution in [-0.4, -0.2) is 15.3 Å². The Morgan fingerprint density at radius 3 is 1.61 bits per heavy atom. The zero-order valence-electron chi connectivity index (χ0n) is 30.7. The molecule has 0 radical (unpaired) electrons. The van der Waals surface area contributed by atoms with Crippen molar-refractivity contribution in [3.8, 4) is 22.5 Å². The van der Waals surface area contributed by atoms with Gasteiger partial charge >= 0.3 is 0 Å². The predicted molar refractivity (Wildman–Crippen MR) is 234 cm³/mol. The van der Waals surface area contributed by atoms with Gasteiger partial charge in [0.05, 0.1) is 28.2 Å². The third-order valence-electron chi connectivity index (χ3n) is 10.8. The lowest BCUT2D eigenvalue weighted by Crippen LogP contribution is -2.31. The first kappa shape index (κ1) is 33.5. The number of fused-ring (bicyclic) bond motifs is 6. The molecule has 2 heterocycles. The van der Waals surface area contributed by atoms with E-state index in [0.29, 0.717) is 0 Å². The molecule has 0 aliphatic rings. The molecular formula is C51H39N5. The molecular weight excluding hydrogens is 683 g/mol. The van der Waals surface area contributed by atoms with Crippen molar-refractivity contribution in [1.82, 2.24) is 14.5 Å². The van der Waals surface area contributed by atoms with Crippen molar-refractivity contribution in [2.45, 2.75) is 12.3 Å². The van der Waals surface area contributed by atoms with E-state index >= 15 is 0 Å². The zero-order valence-corrected chi connectivity index (χ0v) is 30.7. The first-order chi connectivity index (χ1) is 27.7. The molecule has 10 aromatic rings. The molecule has 2 unspecified atom stereocenters. The molecule has 10 rings (SSSR count). The van der Waals surface area contributed by atoms with Crippen LogP contribution in [0.5, 0.6) is 0 Å². The van der Waals surface area contributed by atoms with E-state index in [9.17, 15) is 0 Å². The molecule has 0 bridgehead atoms. The van der Waals surface area contributed by atoms with Gasteiger partial charge in [-0.2, -0.15) is 0 Å². The molecule has 0 aliphatic heterocycles. The fraction of sp³-hybridized carbons (Fsp3) is 0.0392. The molecule has 5 nitrogen and oxygen atoms in total. The van der Waals surface area contributed by atoms with Crippen molar-refractivity contribution in [2.24, 2.45) is 10.7 Å². The van der Waals surface area contributed by atoms with E-state index < -0.39 is 12.3 Å². The molecule has 5 heteroatoms. The van der Waals surface area contributed by atoms with Gasteiger partial charge in [0.2, 0.25) is 0 Å². The van der Waals surface area contributed by atoms with Gasteiger partial charge in [0, 0.05) is 39.1 Å². The minimum Gasteiger partial charge on any atom is -0.312 e. The minimum atomic E-state index is -0.415. The second-order valence-corrected chi connectivity index (χ2v) is 14.2.